The lowest BCUT2D eigenvalue weighted by molar-refractivity contribution is 0.101. The molecular formula is C20H15BrN2O3. The van der Waals surface area contributed by atoms with E-state index in [0.717, 1.165) is 4.47 Å². The van der Waals surface area contributed by atoms with Crippen LogP contribution < -0.4 is 10.1 Å². The molecule has 130 valence electrons. The van der Waals surface area contributed by atoms with Crippen molar-refractivity contribution in [2.24, 2.45) is 0 Å². The molecule has 1 amide bonds. The molecule has 0 saturated heterocycles. The molecule has 0 aliphatic carbocycles. The van der Waals surface area contributed by atoms with Gasteiger partial charge in [-0.15, -0.1) is 0 Å². The van der Waals surface area contributed by atoms with Gasteiger partial charge in [0.15, 0.2) is 5.78 Å². The first-order valence-electron chi connectivity index (χ1n) is 7.84. The highest BCUT2D eigenvalue weighted by Gasteiger charge is 2.15. The molecule has 1 heterocycles. The van der Waals surface area contributed by atoms with Crippen molar-refractivity contribution < 1.29 is 14.3 Å². The van der Waals surface area contributed by atoms with Gasteiger partial charge in [-0.3, -0.25) is 9.59 Å². The van der Waals surface area contributed by atoms with Crippen molar-refractivity contribution in [3.8, 4) is 11.6 Å². The Bertz CT molecular complexity index is 955. The number of hydrogen-bond acceptors (Lipinski definition) is 4. The zero-order valence-electron chi connectivity index (χ0n) is 13.9. The third kappa shape index (κ3) is 4.34. The van der Waals surface area contributed by atoms with Gasteiger partial charge < -0.3 is 10.1 Å². The van der Waals surface area contributed by atoms with E-state index in [9.17, 15) is 9.59 Å². The molecule has 0 aliphatic rings. The molecule has 0 fully saturated rings. The van der Waals surface area contributed by atoms with E-state index in [4.69, 9.17) is 4.74 Å². The van der Waals surface area contributed by atoms with Gasteiger partial charge in [-0.05, 0) is 55.5 Å². The standard InChI is InChI=1S/C20H15BrN2O3/c1-13(24)14-4-2-5-16(12-14)23-19(25)18-6-3-11-22-20(18)26-17-9-7-15(21)8-10-17/h2-12H,1H3,(H,23,25). The first kappa shape index (κ1) is 17.8. The van der Waals surface area contributed by atoms with Crippen molar-refractivity contribution in [2.45, 2.75) is 6.92 Å². The number of anilines is 1. The highest BCUT2D eigenvalue weighted by molar-refractivity contribution is 9.10. The lowest BCUT2D eigenvalue weighted by Gasteiger charge is -2.11. The normalized spacial score (nSPS) is 10.2. The largest absolute Gasteiger partial charge is 0.438 e. The third-order valence-corrected chi connectivity index (χ3v) is 4.10. The number of nitrogens with zero attached hydrogens (tertiary/aromatic N) is 1. The van der Waals surface area contributed by atoms with Gasteiger partial charge in [-0.2, -0.15) is 0 Å². The maximum Gasteiger partial charge on any atom is 0.261 e. The Morgan fingerprint density at radius 3 is 2.54 bits per heavy atom. The maximum atomic E-state index is 12.6. The molecule has 0 radical (unpaired) electrons. The first-order valence-corrected chi connectivity index (χ1v) is 8.63. The van der Waals surface area contributed by atoms with Crippen LogP contribution in [0.5, 0.6) is 11.6 Å². The molecule has 2 aromatic carbocycles. The number of carbonyl (C=O) groups excluding carboxylic acids is 2. The molecule has 1 N–H and O–H groups in total. The third-order valence-electron chi connectivity index (χ3n) is 3.57. The number of pyridine rings is 1. The minimum Gasteiger partial charge on any atom is -0.438 e. The zero-order valence-corrected chi connectivity index (χ0v) is 15.5. The topological polar surface area (TPSA) is 68.3 Å². The molecule has 6 heteroatoms. The molecule has 3 aromatic rings. The van der Waals surface area contributed by atoms with Crippen LogP contribution in [0.1, 0.15) is 27.6 Å². The molecule has 3 rings (SSSR count). The van der Waals surface area contributed by atoms with Crippen molar-refractivity contribution in [1.82, 2.24) is 4.98 Å². The van der Waals surface area contributed by atoms with E-state index in [2.05, 4.69) is 26.2 Å². The SMILES string of the molecule is CC(=O)c1cccc(NC(=O)c2cccnc2Oc2ccc(Br)cc2)c1. The molecule has 0 bridgehead atoms. The van der Waals surface area contributed by atoms with Gasteiger partial charge in [-0.25, -0.2) is 4.98 Å². The number of halogens is 1. The van der Waals surface area contributed by atoms with Crippen LogP contribution in [0.3, 0.4) is 0 Å². The molecule has 0 saturated carbocycles. The van der Waals surface area contributed by atoms with E-state index in [1.807, 2.05) is 12.1 Å². The predicted octanol–water partition coefficient (Wildman–Crippen LogP) is 5.09. The predicted molar refractivity (Wildman–Crippen MR) is 103 cm³/mol. The molecular weight excluding hydrogens is 396 g/mol. The average Bonchev–Trinajstić information content (AvgIpc) is 2.64. The van der Waals surface area contributed by atoms with Gasteiger partial charge >= 0.3 is 0 Å². The number of ether oxygens (including phenoxy) is 1. The summed E-state index contributed by atoms with van der Waals surface area (Å²) < 4.78 is 6.66. The highest BCUT2D eigenvalue weighted by Crippen LogP contribution is 2.25. The van der Waals surface area contributed by atoms with E-state index in [1.165, 1.54) is 6.92 Å². The number of aromatic nitrogens is 1. The Hall–Kier alpha value is -2.99. The number of amides is 1. The van der Waals surface area contributed by atoms with Gasteiger partial charge in [0, 0.05) is 21.9 Å². The van der Waals surface area contributed by atoms with Gasteiger partial charge in [0.2, 0.25) is 5.88 Å². The number of Topliss-reactive ketones (excluding diaryl/α,β-unsaturated/α-hetero) is 1. The quantitative estimate of drug-likeness (QED) is 0.594. The number of carbonyl (C=O) groups is 2. The molecule has 0 atom stereocenters. The summed E-state index contributed by atoms with van der Waals surface area (Å²) in [7, 11) is 0. The summed E-state index contributed by atoms with van der Waals surface area (Å²) in [4.78, 5) is 28.3. The summed E-state index contributed by atoms with van der Waals surface area (Å²) in [5.74, 6) is 0.335. The summed E-state index contributed by atoms with van der Waals surface area (Å²) >= 11 is 3.36. The molecule has 0 spiro atoms. The van der Waals surface area contributed by atoms with Gasteiger partial charge in [0.1, 0.15) is 11.3 Å². The van der Waals surface area contributed by atoms with Gasteiger partial charge in [0.05, 0.1) is 0 Å². The van der Waals surface area contributed by atoms with Crippen LogP contribution in [0.25, 0.3) is 0 Å². The smallest absolute Gasteiger partial charge is 0.261 e. The van der Waals surface area contributed by atoms with Crippen molar-refractivity contribution in [2.75, 3.05) is 5.32 Å². The Kier molecular flexibility index (Phi) is 5.43. The summed E-state index contributed by atoms with van der Waals surface area (Å²) in [6.45, 7) is 1.48. The molecule has 1 aromatic heterocycles. The number of nitrogens with one attached hydrogen (secondary N) is 1. The number of ketones is 1. The average molecular weight is 411 g/mol. The van der Waals surface area contributed by atoms with Crippen LogP contribution in [-0.4, -0.2) is 16.7 Å². The van der Waals surface area contributed by atoms with Crippen LogP contribution in [0.4, 0.5) is 5.69 Å². The zero-order chi connectivity index (χ0) is 18.5. The summed E-state index contributed by atoms with van der Waals surface area (Å²) in [5.41, 5.74) is 1.35. The second kappa shape index (κ2) is 7.93. The Balaban J connectivity index is 1.82. The van der Waals surface area contributed by atoms with Crippen molar-refractivity contribution >= 4 is 33.3 Å². The van der Waals surface area contributed by atoms with Crippen LogP contribution >= 0.6 is 15.9 Å². The lowest BCUT2D eigenvalue weighted by Crippen LogP contribution is -2.14. The second-order valence-corrected chi connectivity index (χ2v) is 6.42. The van der Waals surface area contributed by atoms with Crippen LogP contribution in [0.2, 0.25) is 0 Å². The molecule has 26 heavy (non-hydrogen) atoms. The van der Waals surface area contributed by atoms with Crippen LogP contribution in [0, 0.1) is 0 Å². The van der Waals surface area contributed by atoms with Crippen molar-refractivity contribution in [3.05, 3.63) is 82.5 Å². The summed E-state index contributed by atoms with van der Waals surface area (Å²) in [6.07, 6.45) is 1.56. The van der Waals surface area contributed by atoms with Crippen molar-refractivity contribution in [3.63, 3.8) is 0 Å². The monoisotopic (exact) mass is 410 g/mol. The Labute approximate surface area is 159 Å². The second-order valence-electron chi connectivity index (χ2n) is 5.50. The number of hydrogen-bond donors (Lipinski definition) is 1. The van der Waals surface area contributed by atoms with E-state index < -0.39 is 0 Å². The van der Waals surface area contributed by atoms with Crippen LogP contribution in [0.15, 0.2) is 71.3 Å². The molecule has 0 aliphatic heterocycles. The Morgan fingerprint density at radius 2 is 1.81 bits per heavy atom. The van der Waals surface area contributed by atoms with Gasteiger partial charge in [0.25, 0.3) is 5.91 Å². The van der Waals surface area contributed by atoms with E-state index in [0.29, 0.717) is 22.6 Å². The fourth-order valence-electron chi connectivity index (χ4n) is 2.27. The number of rotatable bonds is 5. The fraction of sp³-hybridized carbons (Fsp3) is 0.0500. The van der Waals surface area contributed by atoms with Gasteiger partial charge in [-0.1, -0.05) is 28.1 Å². The molecule has 5 nitrogen and oxygen atoms in total. The van der Waals surface area contributed by atoms with Crippen LogP contribution in [-0.2, 0) is 0 Å². The van der Waals surface area contributed by atoms with E-state index >= 15 is 0 Å². The van der Waals surface area contributed by atoms with Crippen molar-refractivity contribution in [1.29, 1.82) is 0 Å². The molecule has 0 unspecified atom stereocenters. The summed E-state index contributed by atoms with van der Waals surface area (Å²) in [5, 5.41) is 2.77. The summed E-state index contributed by atoms with van der Waals surface area (Å²) in [6, 6.07) is 17.3. The van der Waals surface area contributed by atoms with E-state index in [1.54, 1.807) is 54.7 Å². The fourth-order valence-corrected chi connectivity index (χ4v) is 2.54. The minimum atomic E-state index is -0.370. The minimum absolute atomic E-state index is 0.0678. The lowest BCUT2D eigenvalue weighted by atomic mass is 10.1. The number of benzene rings is 2. The Morgan fingerprint density at radius 1 is 1.04 bits per heavy atom. The first-order chi connectivity index (χ1) is 12.5. The maximum absolute atomic E-state index is 12.6. The highest BCUT2D eigenvalue weighted by atomic mass is 79.9. The van der Waals surface area contributed by atoms with E-state index in [-0.39, 0.29) is 17.6 Å².